The van der Waals surface area contributed by atoms with Crippen LogP contribution in [0.2, 0.25) is 0 Å². The Labute approximate surface area is 140 Å². The summed E-state index contributed by atoms with van der Waals surface area (Å²) in [5, 5.41) is 9.05. The first-order valence-electron chi connectivity index (χ1n) is 8.21. The lowest BCUT2D eigenvalue weighted by molar-refractivity contribution is -0.150. The minimum absolute atomic E-state index is 0.0500. The molecule has 0 spiro atoms. The molecule has 3 heterocycles. The second-order valence-electron chi connectivity index (χ2n) is 6.16. The molecule has 3 rings (SSSR count). The van der Waals surface area contributed by atoms with Crippen LogP contribution in [-0.2, 0) is 9.53 Å². The number of piperidine rings is 1. The molecule has 1 N–H and O–H groups in total. The van der Waals surface area contributed by atoms with Crippen LogP contribution in [0.1, 0.15) is 25.7 Å². The Kier molecular flexibility index (Phi) is 5.03. The molecular formula is C16H23N3O5. The number of hydrogen-bond donors (Lipinski definition) is 1. The Morgan fingerprint density at radius 3 is 2.29 bits per heavy atom. The van der Waals surface area contributed by atoms with Gasteiger partial charge in [0.1, 0.15) is 0 Å². The molecule has 8 nitrogen and oxygen atoms in total. The lowest BCUT2D eigenvalue weighted by atomic mass is 9.90. The molecule has 2 atom stereocenters. The topological polar surface area (TPSA) is 94.0 Å². The molecule has 2 aliphatic heterocycles. The van der Waals surface area contributed by atoms with Gasteiger partial charge in [-0.2, -0.15) is 9.97 Å². The molecule has 2 aliphatic rings. The average molecular weight is 337 g/mol. The van der Waals surface area contributed by atoms with Gasteiger partial charge in [-0.25, -0.2) is 4.79 Å². The van der Waals surface area contributed by atoms with E-state index >= 15 is 0 Å². The van der Waals surface area contributed by atoms with Crippen molar-refractivity contribution in [1.82, 2.24) is 9.97 Å². The lowest BCUT2D eigenvalue weighted by Crippen LogP contribution is -2.39. The summed E-state index contributed by atoms with van der Waals surface area (Å²) in [7, 11) is 3.13. The Bertz CT molecular complexity index is 567. The lowest BCUT2D eigenvalue weighted by Gasteiger charge is -2.34. The smallest absolute Gasteiger partial charge is 0.332 e. The molecular weight excluding hydrogens is 314 g/mol. The number of aliphatic carboxylic acids is 1. The van der Waals surface area contributed by atoms with Crippen molar-refractivity contribution in [2.24, 2.45) is 5.92 Å². The SMILES string of the molecule is COc1cc(OC)nc(N2CCC([C@@H]3CC[C@H](C(=O)O)O3)CC2)n1. The first-order valence-corrected chi connectivity index (χ1v) is 8.21. The number of rotatable bonds is 5. The molecule has 2 fully saturated rings. The van der Waals surface area contributed by atoms with Crippen LogP contribution in [0, 0.1) is 5.92 Å². The maximum atomic E-state index is 11.0. The van der Waals surface area contributed by atoms with Crippen LogP contribution in [-0.4, -0.2) is 60.6 Å². The summed E-state index contributed by atoms with van der Waals surface area (Å²) in [6, 6.07) is 1.65. The van der Waals surface area contributed by atoms with Crippen molar-refractivity contribution in [1.29, 1.82) is 0 Å². The Morgan fingerprint density at radius 2 is 1.79 bits per heavy atom. The number of methoxy groups -OCH3 is 2. The van der Waals surface area contributed by atoms with Gasteiger partial charge in [0.15, 0.2) is 6.10 Å². The molecule has 0 radical (unpaired) electrons. The zero-order valence-corrected chi connectivity index (χ0v) is 14.0. The summed E-state index contributed by atoms with van der Waals surface area (Å²) in [5.41, 5.74) is 0. The maximum Gasteiger partial charge on any atom is 0.332 e. The summed E-state index contributed by atoms with van der Waals surface area (Å²) in [5.74, 6) is 1.08. The average Bonchev–Trinajstić information content (AvgIpc) is 3.12. The van der Waals surface area contributed by atoms with Crippen molar-refractivity contribution >= 4 is 11.9 Å². The third-order valence-corrected chi connectivity index (χ3v) is 4.76. The number of ether oxygens (including phenoxy) is 3. The molecule has 0 bridgehead atoms. The first kappa shape index (κ1) is 16.8. The number of hydrogen-bond acceptors (Lipinski definition) is 7. The standard InChI is InChI=1S/C16H23N3O5/c1-22-13-9-14(23-2)18-16(17-13)19-7-5-10(6-8-19)11-3-4-12(24-11)15(20)21/h9-12H,3-8H2,1-2H3,(H,20,21)/t11-,12+/m0/s1. The summed E-state index contributed by atoms with van der Waals surface area (Å²) in [6.07, 6.45) is 2.70. The minimum atomic E-state index is -0.855. The van der Waals surface area contributed by atoms with E-state index in [1.165, 1.54) is 0 Å². The van der Waals surface area contributed by atoms with Crippen molar-refractivity contribution < 1.29 is 24.1 Å². The van der Waals surface area contributed by atoms with E-state index in [0.29, 0.717) is 30.0 Å². The van der Waals surface area contributed by atoms with Gasteiger partial charge in [0.05, 0.1) is 26.4 Å². The molecule has 0 aromatic carbocycles. The molecule has 1 aromatic heterocycles. The molecule has 8 heteroatoms. The van der Waals surface area contributed by atoms with Crippen LogP contribution in [0.3, 0.4) is 0 Å². The monoisotopic (exact) mass is 337 g/mol. The summed E-state index contributed by atoms with van der Waals surface area (Å²) < 4.78 is 16.1. The van der Waals surface area contributed by atoms with Gasteiger partial charge in [0.2, 0.25) is 17.7 Å². The molecule has 2 saturated heterocycles. The van der Waals surface area contributed by atoms with Gasteiger partial charge < -0.3 is 24.2 Å². The number of aromatic nitrogens is 2. The predicted octanol–water partition coefficient (Wildman–Crippen LogP) is 1.34. The Balaban J connectivity index is 1.60. The fraction of sp³-hybridized carbons (Fsp3) is 0.688. The van der Waals surface area contributed by atoms with Gasteiger partial charge >= 0.3 is 5.97 Å². The zero-order chi connectivity index (χ0) is 17.1. The predicted molar refractivity (Wildman–Crippen MR) is 85.6 cm³/mol. The van der Waals surface area contributed by atoms with Crippen LogP contribution in [0.4, 0.5) is 5.95 Å². The second kappa shape index (κ2) is 7.21. The first-order chi connectivity index (χ1) is 11.6. The second-order valence-corrected chi connectivity index (χ2v) is 6.16. The van der Waals surface area contributed by atoms with Gasteiger partial charge in [-0.1, -0.05) is 0 Å². The fourth-order valence-corrected chi connectivity index (χ4v) is 3.41. The van der Waals surface area contributed by atoms with E-state index < -0.39 is 12.1 Å². The normalized spacial score (nSPS) is 24.8. The highest BCUT2D eigenvalue weighted by molar-refractivity contribution is 5.72. The number of carbonyl (C=O) groups is 1. The Hall–Kier alpha value is -2.09. The third-order valence-electron chi connectivity index (χ3n) is 4.76. The number of carboxylic acids is 1. The number of carboxylic acid groups (broad SMARTS) is 1. The number of nitrogens with zero attached hydrogens (tertiary/aromatic N) is 3. The van der Waals surface area contributed by atoms with E-state index in [0.717, 1.165) is 32.4 Å². The molecule has 24 heavy (non-hydrogen) atoms. The van der Waals surface area contributed by atoms with Crippen LogP contribution < -0.4 is 14.4 Å². The van der Waals surface area contributed by atoms with Gasteiger partial charge in [0, 0.05) is 13.1 Å². The van der Waals surface area contributed by atoms with Gasteiger partial charge in [-0.05, 0) is 31.6 Å². The van der Waals surface area contributed by atoms with E-state index in [-0.39, 0.29) is 6.10 Å². The van der Waals surface area contributed by atoms with E-state index in [1.54, 1.807) is 20.3 Å². The molecule has 0 amide bonds. The molecule has 1 aromatic rings. The van der Waals surface area contributed by atoms with Gasteiger partial charge in [-0.15, -0.1) is 0 Å². The van der Waals surface area contributed by atoms with E-state index in [1.807, 2.05) is 0 Å². The van der Waals surface area contributed by atoms with Crippen molar-refractivity contribution in [3.05, 3.63) is 6.07 Å². The van der Waals surface area contributed by atoms with E-state index in [4.69, 9.17) is 19.3 Å². The van der Waals surface area contributed by atoms with Gasteiger partial charge in [0.25, 0.3) is 0 Å². The quantitative estimate of drug-likeness (QED) is 0.860. The highest BCUT2D eigenvalue weighted by Gasteiger charge is 2.36. The summed E-state index contributed by atoms with van der Waals surface area (Å²) >= 11 is 0. The van der Waals surface area contributed by atoms with Crippen LogP contribution in [0.25, 0.3) is 0 Å². The third kappa shape index (κ3) is 3.53. The molecule has 0 saturated carbocycles. The zero-order valence-electron chi connectivity index (χ0n) is 14.0. The molecule has 0 aliphatic carbocycles. The minimum Gasteiger partial charge on any atom is -0.481 e. The molecule has 0 unspecified atom stereocenters. The Morgan fingerprint density at radius 1 is 1.17 bits per heavy atom. The van der Waals surface area contributed by atoms with Crippen LogP contribution >= 0.6 is 0 Å². The van der Waals surface area contributed by atoms with Crippen LogP contribution in [0.5, 0.6) is 11.8 Å². The van der Waals surface area contributed by atoms with Gasteiger partial charge in [-0.3, -0.25) is 0 Å². The summed E-state index contributed by atoms with van der Waals surface area (Å²) in [6.45, 7) is 1.61. The van der Waals surface area contributed by atoms with E-state index in [2.05, 4.69) is 14.9 Å². The highest BCUT2D eigenvalue weighted by atomic mass is 16.5. The van der Waals surface area contributed by atoms with Crippen molar-refractivity contribution in [2.75, 3.05) is 32.2 Å². The fourth-order valence-electron chi connectivity index (χ4n) is 3.41. The van der Waals surface area contributed by atoms with Crippen molar-refractivity contribution in [3.8, 4) is 11.8 Å². The highest BCUT2D eigenvalue weighted by Crippen LogP contribution is 2.33. The largest absolute Gasteiger partial charge is 0.481 e. The molecule has 132 valence electrons. The summed E-state index contributed by atoms with van der Waals surface area (Å²) in [4.78, 5) is 21.9. The van der Waals surface area contributed by atoms with Crippen LogP contribution in [0.15, 0.2) is 6.07 Å². The van der Waals surface area contributed by atoms with E-state index in [9.17, 15) is 4.79 Å². The maximum absolute atomic E-state index is 11.0. The van der Waals surface area contributed by atoms with Crippen molar-refractivity contribution in [2.45, 2.75) is 37.9 Å². The van der Waals surface area contributed by atoms with Crippen molar-refractivity contribution in [3.63, 3.8) is 0 Å². The number of anilines is 1.